The molecule has 0 aromatic carbocycles. The predicted octanol–water partition coefficient (Wildman–Crippen LogP) is 0.801. The molecule has 13 heavy (non-hydrogen) atoms. The standard InChI is InChI=1S/C8H11NO3S/c1-9(12-2)8(11)7(10)6-4-3-5-13-6/h3-5,7,10H,1-2H3. The van der Waals surface area contributed by atoms with Gasteiger partial charge in [0.1, 0.15) is 0 Å². The molecule has 0 spiro atoms. The molecular formula is C8H11NO3S. The molecule has 1 rings (SSSR count). The van der Waals surface area contributed by atoms with Gasteiger partial charge in [-0.1, -0.05) is 6.07 Å². The molecular weight excluding hydrogens is 190 g/mol. The van der Waals surface area contributed by atoms with E-state index in [4.69, 9.17) is 0 Å². The molecule has 0 saturated carbocycles. The van der Waals surface area contributed by atoms with Gasteiger partial charge in [0.05, 0.1) is 7.11 Å². The summed E-state index contributed by atoms with van der Waals surface area (Å²) in [5, 5.41) is 12.3. The maximum absolute atomic E-state index is 11.3. The number of aliphatic hydroxyl groups is 1. The highest BCUT2D eigenvalue weighted by Gasteiger charge is 2.21. The molecule has 0 aliphatic heterocycles. The zero-order valence-corrected chi connectivity index (χ0v) is 8.25. The van der Waals surface area contributed by atoms with Crippen molar-refractivity contribution < 1.29 is 14.7 Å². The SMILES string of the molecule is CON(C)C(=O)C(O)c1cccs1. The lowest BCUT2D eigenvalue weighted by Crippen LogP contribution is -2.30. The molecule has 0 bridgehead atoms. The lowest BCUT2D eigenvalue weighted by molar-refractivity contribution is -0.178. The van der Waals surface area contributed by atoms with Gasteiger partial charge in [-0.25, -0.2) is 5.06 Å². The van der Waals surface area contributed by atoms with E-state index in [1.54, 1.807) is 17.5 Å². The summed E-state index contributed by atoms with van der Waals surface area (Å²) in [5.74, 6) is -0.468. The van der Waals surface area contributed by atoms with Crippen LogP contribution < -0.4 is 0 Å². The van der Waals surface area contributed by atoms with Gasteiger partial charge in [-0.05, 0) is 11.4 Å². The smallest absolute Gasteiger partial charge is 0.280 e. The van der Waals surface area contributed by atoms with Gasteiger partial charge in [-0.2, -0.15) is 0 Å². The Hall–Kier alpha value is -0.910. The monoisotopic (exact) mass is 201 g/mol. The molecule has 0 aliphatic carbocycles. The van der Waals surface area contributed by atoms with Crippen LogP contribution in [0, 0.1) is 0 Å². The van der Waals surface area contributed by atoms with E-state index in [0.717, 1.165) is 5.06 Å². The summed E-state index contributed by atoms with van der Waals surface area (Å²) in [6, 6.07) is 3.49. The van der Waals surface area contributed by atoms with Crippen molar-refractivity contribution >= 4 is 17.2 Å². The first-order chi connectivity index (χ1) is 6.16. The van der Waals surface area contributed by atoms with Gasteiger partial charge in [0.25, 0.3) is 5.91 Å². The first-order valence-corrected chi connectivity index (χ1v) is 4.58. The number of amides is 1. The minimum Gasteiger partial charge on any atom is -0.378 e. The number of carbonyl (C=O) groups is 1. The van der Waals surface area contributed by atoms with Crippen LogP contribution in [0.3, 0.4) is 0 Å². The van der Waals surface area contributed by atoms with E-state index in [9.17, 15) is 9.90 Å². The summed E-state index contributed by atoms with van der Waals surface area (Å²) in [6.45, 7) is 0. The van der Waals surface area contributed by atoms with Crippen LogP contribution in [0.25, 0.3) is 0 Å². The summed E-state index contributed by atoms with van der Waals surface area (Å²) in [4.78, 5) is 16.6. The van der Waals surface area contributed by atoms with Crippen LogP contribution in [0.15, 0.2) is 17.5 Å². The summed E-state index contributed by atoms with van der Waals surface area (Å²) >= 11 is 1.33. The third kappa shape index (κ3) is 2.27. The molecule has 4 nitrogen and oxygen atoms in total. The highest BCUT2D eigenvalue weighted by atomic mass is 32.1. The van der Waals surface area contributed by atoms with Crippen molar-refractivity contribution in [2.45, 2.75) is 6.10 Å². The quantitative estimate of drug-likeness (QED) is 0.736. The Morgan fingerprint density at radius 2 is 2.46 bits per heavy atom. The average molecular weight is 201 g/mol. The Morgan fingerprint density at radius 3 is 2.92 bits per heavy atom. The largest absolute Gasteiger partial charge is 0.378 e. The lowest BCUT2D eigenvalue weighted by atomic mass is 10.3. The molecule has 1 N–H and O–H groups in total. The fourth-order valence-electron chi connectivity index (χ4n) is 0.831. The molecule has 1 heterocycles. The van der Waals surface area contributed by atoms with E-state index in [0.29, 0.717) is 4.88 Å². The zero-order chi connectivity index (χ0) is 9.84. The number of aliphatic hydroxyl groups excluding tert-OH is 1. The van der Waals surface area contributed by atoms with Crippen LogP contribution in [0.5, 0.6) is 0 Å². The maximum Gasteiger partial charge on any atom is 0.280 e. The number of nitrogens with zero attached hydrogens (tertiary/aromatic N) is 1. The van der Waals surface area contributed by atoms with E-state index >= 15 is 0 Å². The Labute approximate surface area is 80.3 Å². The fraction of sp³-hybridized carbons (Fsp3) is 0.375. The van der Waals surface area contributed by atoms with Crippen molar-refractivity contribution in [3.63, 3.8) is 0 Å². The van der Waals surface area contributed by atoms with Crippen molar-refractivity contribution in [3.8, 4) is 0 Å². The number of hydroxylamine groups is 2. The summed E-state index contributed by atoms with van der Waals surface area (Å²) in [5.41, 5.74) is 0. The average Bonchev–Trinajstić information content (AvgIpc) is 2.67. The first-order valence-electron chi connectivity index (χ1n) is 3.70. The first kappa shape index (κ1) is 10.2. The van der Waals surface area contributed by atoms with Gasteiger partial charge in [0, 0.05) is 11.9 Å². The minimum atomic E-state index is -1.12. The van der Waals surface area contributed by atoms with Crippen molar-refractivity contribution in [2.75, 3.05) is 14.2 Å². The molecule has 0 aliphatic rings. The highest BCUT2D eigenvalue weighted by molar-refractivity contribution is 7.10. The molecule has 1 aromatic rings. The Bertz CT molecular complexity index is 273. The number of hydrogen-bond acceptors (Lipinski definition) is 4. The molecule has 1 aromatic heterocycles. The van der Waals surface area contributed by atoms with Crippen LogP contribution in [-0.4, -0.2) is 30.2 Å². The van der Waals surface area contributed by atoms with Gasteiger partial charge in [0.2, 0.25) is 0 Å². The van der Waals surface area contributed by atoms with Crippen molar-refractivity contribution in [1.29, 1.82) is 0 Å². The van der Waals surface area contributed by atoms with Gasteiger partial charge < -0.3 is 5.11 Å². The van der Waals surface area contributed by atoms with Crippen LogP contribution in [0.2, 0.25) is 0 Å². The molecule has 1 atom stereocenters. The fourth-order valence-corrected chi connectivity index (χ4v) is 1.53. The van der Waals surface area contributed by atoms with Crippen molar-refractivity contribution in [3.05, 3.63) is 22.4 Å². The van der Waals surface area contributed by atoms with Crippen LogP contribution in [-0.2, 0) is 9.63 Å². The molecule has 72 valence electrons. The van der Waals surface area contributed by atoms with Gasteiger partial charge >= 0.3 is 0 Å². The number of thiophene rings is 1. The second-order valence-corrected chi connectivity index (χ2v) is 3.42. The predicted molar refractivity (Wildman–Crippen MR) is 49.1 cm³/mol. The number of rotatable bonds is 3. The molecule has 0 fully saturated rings. The van der Waals surface area contributed by atoms with Crippen molar-refractivity contribution in [1.82, 2.24) is 5.06 Å². The highest BCUT2D eigenvalue weighted by Crippen LogP contribution is 2.20. The normalized spacial score (nSPS) is 12.5. The second-order valence-electron chi connectivity index (χ2n) is 2.44. The van der Waals surface area contributed by atoms with Gasteiger partial charge in [-0.3, -0.25) is 9.63 Å². The Kier molecular flexibility index (Phi) is 3.41. The molecule has 0 radical (unpaired) electrons. The zero-order valence-electron chi connectivity index (χ0n) is 7.43. The molecule has 1 unspecified atom stereocenters. The number of likely N-dealkylation sites (N-methyl/N-ethyl adjacent to an activating group) is 1. The van der Waals surface area contributed by atoms with Crippen LogP contribution in [0.1, 0.15) is 11.0 Å². The molecule has 5 heteroatoms. The van der Waals surface area contributed by atoms with E-state index in [-0.39, 0.29) is 0 Å². The third-order valence-electron chi connectivity index (χ3n) is 1.63. The van der Waals surface area contributed by atoms with E-state index in [1.165, 1.54) is 25.5 Å². The number of carbonyl (C=O) groups excluding carboxylic acids is 1. The van der Waals surface area contributed by atoms with E-state index in [2.05, 4.69) is 4.84 Å². The van der Waals surface area contributed by atoms with E-state index < -0.39 is 12.0 Å². The summed E-state index contributed by atoms with van der Waals surface area (Å²) in [6.07, 6.45) is -1.12. The van der Waals surface area contributed by atoms with Gasteiger partial charge in [0.15, 0.2) is 6.10 Å². The summed E-state index contributed by atoms with van der Waals surface area (Å²) in [7, 11) is 2.83. The van der Waals surface area contributed by atoms with Crippen molar-refractivity contribution in [2.24, 2.45) is 0 Å². The summed E-state index contributed by atoms with van der Waals surface area (Å²) < 4.78 is 0. The minimum absolute atomic E-state index is 0.468. The second kappa shape index (κ2) is 4.36. The molecule has 0 saturated heterocycles. The topological polar surface area (TPSA) is 49.8 Å². The number of hydrogen-bond donors (Lipinski definition) is 1. The molecule has 1 amide bonds. The van der Waals surface area contributed by atoms with E-state index in [1.807, 2.05) is 0 Å². The Morgan fingerprint density at radius 1 is 1.77 bits per heavy atom. The Balaban J connectivity index is 2.68. The lowest BCUT2D eigenvalue weighted by Gasteiger charge is -2.16. The maximum atomic E-state index is 11.3. The van der Waals surface area contributed by atoms with Crippen LogP contribution in [0.4, 0.5) is 0 Å². The third-order valence-corrected chi connectivity index (χ3v) is 2.56. The van der Waals surface area contributed by atoms with Crippen LogP contribution >= 0.6 is 11.3 Å². The van der Waals surface area contributed by atoms with Gasteiger partial charge in [-0.15, -0.1) is 11.3 Å².